The standard InChI is InChI=1S/C16H14N4OS/c1-22-14-4-2-3-13(9-14)19-16(21)12-5-6-15(18-10-12)20-8-7-17-11-20/h2-11H,1H3,(H,19,21). The number of nitrogens with one attached hydrogen (secondary N) is 1. The van der Waals surface area contributed by atoms with Crippen LogP contribution in [-0.2, 0) is 0 Å². The number of carbonyl (C=O) groups is 1. The van der Waals surface area contributed by atoms with Crippen LogP contribution in [0.25, 0.3) is 5.82 Å². The molecule has 2 heterocycles. The van der Waals surface area contributed by atoms with Crippen LogP contribution in [0.1, 0.15) is 10.4 Å². The van der Waals surface area contributed by atoms with E-state index in [2.05, 4.69) is 15.3 Å². The maximum atomic E-state index is 12.2. The first-order valence-corrected chi connectivity index (χ1v) is 7.88. The van der Waals surface area contributed by atoms with Crippen LogP contribution in [0.15, 0.2) is 66.2 Å². The maximum Gasteiger partial charge on any atom is 0.257 e. The SMILES string of the molecule is CSc1cccc(NC(=O)c2ccc(-n3ccnc3)nc2)c1. The van der Waals surface area contributed by atoms with Crippen molar-refractivity contribution < 1.29 is 4.79 Å². The van der Waals surface area contributed by atoms with Gasteiger partial charge in [-0.05, 0) is 36.6 Å². The van der Waals surface area contributed by atoms with Gasteiger partial charge in [-0.1, -0.05) is 6.07 Å². The molecule has 0 saturated heterocycles. The second kappa shape index (κ2) is 6.44. The maximum absolute atomic E-state index is 12.2. The molecule has 0 spiro atoms. The third-order valence-corrected chi connectivity index (χ3v) is 3.83. The molecule has 1 N–H and O–H groups in total. The number of rotatable bonds is 4. The summed E-state index contributed by atoms with van der Waals surface area (Å²) in [6.45, 7) is 0. The summed E-state index contributed by atoms with van der Waals surface area (Å²) < 4.78 is 1.78. The average molecular weight is 310 g/mol. The Morgan fingerprint density at radius 2 is 2.18 bits per heavy atom. The first kappa shape index (κ1) is 14.3. The number of anilines is 1. The molecule has 0 aliphatic rings. The molecule has 0 fully saturated rings. The lowest BCUT2D eigenvalue weighted by molar-refractivity contribution is 0.102. The molecule has 1 amide bonds. The molecule has 0 aliphatic carbocycles. The zero-order valence-corrected chi connectivity index (χ0v) is 12.7. The highest BCUT2D eigenvalue weighted by molar-refractivity contribution is 7.98. The minimum atomic E-state index is -0.178. The quantitative estimate of drug-likeness (QED) is 0.752. The molecule has 0 bridgehead atoms. The van der Waals surface area contributed by atoms with E-state index in [4.69, 9.17) is 0 Å². The number of imidazole rings is 1. The molecule has 0 aliphatic heterocycles. The van der Waals surface area contributed by atoms with Crippen molar-refractivity contribution in [1.29, 1.82) is 0 Å². The number of carbonyl (C=O) groups excluding carboxylic acids is 1. The highest BCUT2D eigenvalue weighted by atomic mass is 32.2. The molecule has 0 radical (unpaired) electrons. The summed E-state index contributed by atoms with van der Waals surface area (Å²) in [6.07, 6.45) is 8.70. The molecule has 3 aromatic rings. The van der Waals surface area contributed by atoms with Gasteiger partial charge in [-0.3, -0.25) is 9.36 Å². The van der Waals surface area contributed by atoms with Crippen LogP contribution in [0.2, 0.25) is 0 Å². The largest absolute Gasteiger partial charge is 0.322 e. The number of benzene rings is 1. The number of pyridine rings is 1. The summed E-state index contributed by atoms with van der Waals surface area (Å²) in [4.78, 5) is 21.6. The molecule has 5 nitrogen and oxygen atoms in total. The van der Waals surface area contributed by atoms with E-state index in [1.807, 2.05) is 30.5 Å². The Bertz CT molecular complexity index is 769. The first-order chi connectivity index (χ1) is 10.8. The van der Waals surface area contributed by atoms with Gasteiger partial charge in [0.15, 0.2) is 0 Å². The molecule has 0 atom stereocenters. The minimum Gasteiger partial charge on any atom is -0.322 e. The van der Waals surface area contributed by atoms with Crippen molar-refractivity contribution >= 4 is 23.4 Å². The van der Waals surface area contributed by atoms with Crippen LogP contribution >= 0.6 is 11.8 Å². The molecule has 1 aromatic carbocycles. The van der Waals surface area contributed by atoms with Gasteiger partial charge in [0, 0.05) is 29.2 Å². The monoisotopic (exact) mass is 310 g/mol. The van der Waals surface area contributed by atoms with E-state index in [1.165, 1.54) is 0 Å². The topological polar surface area (TPSA) is 59.8 Å². The van der Waals surface area contributed by atoms with Gasteiger partial charge in [-0.15, -0.1) is 11.8 Å². The molecule has 2 aromatic heterocycles. The second-order valence-electron chi connectivity index (χ2n) is 4.56. The van der Waals surface area contributed by atoms with Crippen LogP contribution in [0.3, 0.4) is 0 Å². The lowest BCUT2D eigenvalue weighted by Crippen LogP contribution is -2.12. The first-order valence-electron chi connectivity index (χ1n) is 6.66. The normalized spacial score (nSPS) is 10.4. The van der Waals surface area contributed by atoms with Gasteiger partial charge >= 0.3 is 0 Å². The zero-order chi connectivity index (χ0) is 15.4. The Balaban J connectivity index is 1.74. The van der Waals surface area contributed by atoms with Gasteiger partial charge in [0.05, 0.1) is 5.56 Å². The van der Waals surface area contributed by atoms with Gasteiger partial charge in [0.2, 0.25) is 0 Å². The van der Waals surface area contributed by atoms with Crippen molar-refractivity contribution in [1.82, 2.24) is 14.5 Å². The van der Waals surface area contributed by atoms with E-state index >= 15 is 0 Å². The molecule has 110 valence electrons. The van der Waals surface area contributed by atoms with E-state index in [0.717, 1.165) is 16.4 Å². The van der Waals surface area contributed by atoms with Gasteiger partial charge in [-0.2, -0.15) is 0 Å². The fourth-order valence-electron chi connectivity index (χ4n) is 1.97. The number of hydrogen-bond acceptors (Lipinski definition) is 4. The van der Waals surface area contributed by atoms with Crippen LogP contribution in [0.5, 0.6) is 0 Å². The van der Waals surface area contributed by atoms with E-state index in [-0.39, 0.29) is 5.91 Å². The molecular weight excluding hydrogens is 296 g/mol. The number of amides is 1. The Labute approximate surface area is 132 Å². The van der Waals surface area contributed by atoms with Crippen molar-refractivity contribution in [2.45, 2.75) is 4.90 Å². The number of aromatic nitrogens is 3. The van der Waals surface area contributed by atoms with Crippen molar-refractivity contribution in [2.24, 2.45) is 0 Å². The van der Waals surface area contributed by atoms with E-state index in [0.29, 0.717) is 5.56 Å². The second-order valence-corrected chi connectivity index (χ2v) is 5.44. The summed E-state index contributed by atoms with van der Waals surface area (Å²) in [7, 11) is 0. The molecule has 6 heteroatoms. The van der Waals surface area contributed by atoms with Crippen molar-refractivity contribution in [3.05, 3.63) is 66.9 Å². The summed E-state index contributed by atoms with van der Waals surface area (Å²) >= 11 is 1.63. The Morgan fingerprint density at radius 3 is 2.86 bits per heavy atom. The van der Waals surface area contributed by atoms with Crippen molar-refractivity contribution in [2.75, 3.05) is 11.6 Å². The predicted molar refractivity (Wildman–Crippen MR) is 87.5 cm³/mol. The Morgan fingerprint density at radius 1 is 1.27 bits per heavy atom. The predicted octanol–water partition coefficient (Wildman–Crippen LogP) is 3.24. The molecule has 22 heavy (non-hydrogen) atoms. The van der Waals surface area contributed by atoms with E-state index in [1.54, 1.807) is 53.4 Å². The van der Waals surface area contributed by atoms with Gasteiger partial charge in [-0.25, -0.2) is 9.97 Å². The lowest BCUT2D eigenvalue weighted by atomic mass is 10.2. The fraction of sp³-hybridized carbons (Fsp3) is 0.0625. The summed E-state index contributed by atoms with van der Waals surface area (Å²) in [6, 6.07) is 11.3. The molecule has 0 unspecified atom stereocenters. The lowest BCUT2D eigenvalue weighted by Gasteiger charge is -2.07. The highest BCUT2D eigenvalue weighted by Gasteiger charge is 2.07. The van der Waals surface area contributed by atoms with Crippen LogP contribution < -0.4 is 5.32 Å². The molecule has 0 saturated carbocycles. The minimum absolute atomic E-state index is 0.178. The number of hydrogen-bond donors (Lipinski definition) is 1. The third kappa shape index (κ3) is 3.17. The van der Waals surface area contributed by atoms with Crippen molar-refractivity contribution in [3.8, 4) is 5.82 Å². The fourth-order valence-corrected chi connectivity index (χ4v) is 2.43. The smallest absolute Gasteiger partial charge is 0.257 e. The van der Waals surface area contributed by atoms with Crippen LogP contribution in [0.4, 0.5) is 5.69 Å². The average Bonchev–Trinajstić information content (AvgIpc) is 3.09. The van der Waals surface area contributed by atoms with Gasteiger partial charge in [0.1, 0.15) is 12.1 Å². The molecule has 3 rings (SSSR count). The zero-order valence-electron chi connectivity index (χ0n) is 11.9. The number of thioether (sulfide) groups is 1. The summed E-state index contributed by atoms with van der Waals surface area (Å²) in [5, 5.41) is 2.88. The van der Waals surface area contributed by atoms with Gasteiger partial charge < -0.3 is 5.32 Å². The summed E-state index contributed by atoms with van der Waals surface area (Å²) in [5.41, 5.74) is 1.29. The van der Waals surface area contributed by atoms with Crippen LogP contribution in [-0.4, -0.2) is 26.7 Å². The van der Waals surface area contributed by atoms with E-state index < -0.39 is 0 Å². The third-order valence-electron chi connectivity index (χ3n) is 3.11. The Hall–Kier alpha value is -2.60. The van der Waals surface area contributed by atoms with Crippen LogP contribution in [0, 0.1) is 0 Å². The van der Waals surface area contributed by atoms with Gasteiger partial charge in [0.25, 0.3) is 5.91 Å². The Kier molecular flexibility index (Phi) is 4.20. The van der Waals surface area contributed by atoms with Crippen molar-refractivity contribution in [3.63, 3.8) is 0 Å². The van der Waals surface area contributed by atoms with E-state index in [9.17, 15) is 4.79 Å². The summed E-state index contributed by atoms with van der Waals surface area (Å²) in [5.74, 6) is 0.543. The highest BCUT2D eigenvalue weighted by Crippen LogP contribution is 2.19. The molecular formula is C16H14N4OS. The number of nitrogens with zero attached hydrogens (tertiary/aromatic N) is 3.